The predicted molar refractivity (Wildman–Crippen MR) is 68.1 cm³/mol. The van der Waals surface area contributed by atoms with Crippen LogP contribution in [0.5, 0.6) is 0 Å². The summed E-state index contributed by atoms with van der Waals surface area (Å²) in [5.74, 6) is 0. The summed E-state index contributed by atoms with van der Waals surface area (Å²) >= 11 is 0. The zero-order valence-corrected chi connectivity index (χ0v) is 12.7. The van der Waals surface area contributed by atoms with Crippen molar-refractivity contribution in [1.29, 1.82) is 0 Å². The average Bonchev–Trinajstić information content (AvgIpc) is 2.13. The zero-order valence-electron chi connectivity index (χ0n) is 11.1. The molecular weight excluding hydrogens is 302 g/mol. The van der Waals surface area contributed by atoms with Crippen LogP contribution in [0.1, 0.15) is 32.6 Å². The highest BCUT2D eigenvalue weighted by atomic mass is 32.3. The Balaban J connectivity index is 0.000000344. The first-order valence-electron chi connectivity index (χ1n) is 5.99. The van der Waals surface area contributed by atoms with Crippen molar-refractivity contribution in [3.63, 3.8) is 0 Å². The van der Waals surface area contributed by atoms with Gasteiger partial charge in [-0.25, -0.2) is 0 Å². The van der Waals surface area contributed by atoms with E-state index >= 15 is 0 Å². The fraction of sp³-hybridized carbons (Fsp3) is 1.00. The summed E-state index contributed by atoms with van der Waals surface area (Å²) in [6.07, 6.45) is 5.72. The minimum Gasteiger partial charge on any atom is -0.326 e. The first kappa shape index (κ1) is 18.7. The average molecular weight is 323 g/mol. The van der Waals surface area contributed by atoms with Gasteiger partial charge in [-0.3, -0.25) is 0 Å². The Labute approximate surface area is 114 Å². The molecule has 0 aliphatic carbocycles. The van der Waals surface area contributed by atoms with Crippen LogP contribution in [-0.4, -0.2) is 48.0 Å². The quantitative estimate of drug-likeness (QED) is 0.619. The molecule has 10 heteroatoms. The minimum absolute atomic E-state index is 0.0694. The molecule has 1 heterocycles. The first-order valence-corrected chi connectivity index (χ1v) is 8.75. The molecule has 1 rings (SSSR count). The van der Waals surface area contributed by atoms with Crippen molar-refractivity contribution >= 4 is 20.8 Å². The summed E-state index contributed by atoms with van der Waals surface area (Å²) in [4.78, 5) is 0. The third-order valence-corrected chi connectivity index (χ3v) is 4.45. The Bertz CT molecular complexity index is 423. The van der Waals surface area contributed by atoms with E-state index in [2.05, 4.69) is 14.0 Å². The molecule has 0 atom stereocenters. The Kier molecular flexibility index (Phi) is 7.33. The van der Waals surface area contributed by atoms with Gasteiger partial charge in [0.05, 0.1) is 26.7 Å². The van der Waals surface area contributed by atoms with Crippen LogP contribution >= 0.6 is 0 Å². The molecule has 0 radical (unpaired) electrons. The van der Waals surface area contributed by atoms with Crippen molar-refractivity contribution < 1.29 is 29.1 Å². The lowest BCUT2D eigenvalue weighted by atomic mass is 10.1. The Morgan fingerprint density at radius 2 is 1.42 bits per heavy atom. The molecule has 0 bridgehead atoms. The molecule has 0 aromatic rings. The first-order chi connectivity index (χ1) is 8.47. The largest absolute Gasteiger partial charge is 0.387 e. The molecular formula is C9H21F2N2O4S2+. The number of hydrogen-bond acceptors (Lipinski definition) is 4. The highest BCUT2D eigenvalue weighted by Crippen LogP contribution is 2.15. The topological polar surface area (TPSA) is 80.3 Å². The third-order valence-electron chi connectivity index (χ3n) is 2.86. The molecule has 1 N–H and O–H groups in total. The predicted octanol–water partition coefficient (Wildman–Crippen LogP) is 1.03. The lowest BCUT2D eigenvalue weighted by Crippen LogP contribution is -2.48. The molecule has 1 aliphatic heterocycles. The standard InChI is InChI=1S/C9H20N.F2HNO4S2/c1-3-7-10(2)8-5-4-6-9-10;1-8(4,5)3-9(2,6)7/h3-9H2,1-2H3;3H/q+1;. The van der Waals surface area contributed by atoms with Crippen LogP contribution in [0.15, 0.2) is 0 Å². The normalized spacial score (nSPS) is 19.4. The van der Waals surface area contributed by atoms with Gasteiger partial charge in [0.15, 0.2) is 0 Å². The van der Waals surface area contributed by atoms with Crippen molar-refractivity contribution in [3.8, 4) is 0 Å². The number of piperidine rings is 1. The summed E-state index contributed by atoms with van der Waals surface area (Å²) in [5, 5.41) is 0. The van der Waals surface area contributed by atoms with Crippen LogP contribution in [0.3, 0.4) is 0 Å². The number of likely N-dealkylation sites (tertiary alicyclic amines) is 1. The van der Waals surface area contributed by atoms with Crippen LogP contribution in [-0.2, 0) is 20.8 Å². The molecule has 0 spiro atoms. The van der Waals surface area contributed by atoms with Crippen molar-refractivity contribution in [2.45, 2.75) is 32.6 Å². The van der Waals surface area contributed by atoms with E-state index in [4.69, 9.17) is 0 Å². The zero-order chi connectivity index (χ0) is 15.2. The molecule has 6 nitrogen and oxygen atoms in total. The summed E-state index contributed by atoms with van der Waals surface area (Å²) in [5.41, 5.74) is 0. The molecule has 1 saturated heterocycles. The Hall–Kier alpha value is -0.320. The van der Waals surface area contributed by atoms with E-state index in [9.17, 15) is 24.6 Å². The maximum atomic E-state index is 11.1. The molecule has 0 amide bonds. The highest BCUT2D eigenvalue weighted by Gasteiger charge is 2.22. The van der Waals surface area contributed by atoms with Gasteiger partial charge in [0.1, 0.15) is 0 Å². The number of quaternary nitrogens is 1. The van der Waals surface area contributed by atoms with Gasteiger partial charge < -0.3 is 4.48 Å². The van der Waals surface area contributed by atoms with E-state index in [-0.39, 0.29) is 4.13 Å². The van der Waals surface area contributed by atoms with Gasteiger partial charge in [-0.1, -0.05) is 18.8 Å². The van der Waals surface area contributed by atoms with Gasteiger partial charge >= 0.3 is 20.8 Å². The van der Waals surface area contributed by atoms with Gasteiger partial charge in [0, 0.05) is 0 Å². The van der Waals surface area contributed by atoms with Crippen molar-refractivity contribution in [2.75, 3.05) is 26.7 Å². The van der Waals surface area contributed by atoms with Gasteiger partial charge in [-0.2, -0.15) is 16.8 Å². The van der Waals surface area contributed by atoms with E-state index in [1.54, 1.807) is 0 Å². The summed E-state index contributed by atoms with van der Waals surface area (Å²) in [7, 11) is -8.58. The minimum atomic E-state index is -5.49. The Morgan fingerprint density at radius 1 is 1.00 bits per heavy atom. The van der Waals surface area contributed by atoms with Crippen LogP contribution in [0, 0.1) is 0 Å². The summed E-state index contributed by atoms with van der Waals surface area (Å²) < 4.78 is 60.7. The number of halogens is 2. The molecule has 19 heavy (non-hydrogen) atoms. The van der Waals surface area contributed by atoms with Crippen molar-refractivity contribution in [2.24, 2.45) is 0 Å². The monoisotopic (exact) mass is 323 g/mol. The highest BCUT2D eigenvalue weighted by molar-refractivity contribution is 7.99. The van der Waals surface area contributed by atoms with Gasteiger partial charge in [-0.15, -0.1) is 0 Å². The van der Waals surface area contributed by atoms with E-state index in [0.29, 0.717) is 0 Å². The summed E-state index contributed by atoms with van der Waals surface area (Å²) in [6.45, 7) is 6.53. The molecule has 116 valence electrons. The second-order valence-corrected chi connectivity index (χ2v) is 7.23. The molecule has 0 aromatic carbocycles. The van der Waals surface area contributed by atoms with Crippen molar-refractivity contribution in [3.05, 3.63) is 0 Å². The molecule has 0 unspecified atom stereocenters. The number of nitrogens with one attached hydrogen (secondary N) is 1. The fourth-order valence-corrected chi connectivity index (χ4v) is 3.11. The van der Waals surface area contributed by atoms with Crippen LogP contribution in [0.4, 0.5) is 7.77 Å². The lowest BCUT2D eigenvalue weighted by Gasteiger charge is -2.37. The van der Waals surface area contributed by atoms with Gasteiger partial charge in [0.25, 0.3) is 0 Å². The smallest absolute Gasteiger partial charge is 0.326 e. The lowest BCUT2D eigenvalue weighted by molar-refractivity contribution is -0.914. The van der Waals surface area contributed by atoms with Gasteiger partial charge in [0.2, 0.25) is 0 Å². The summed E-state index contributed by atoms with van der Waals surface area (Å²) in [6, 6.07) is 0. The van der Waals surface area contributed by atoms with Crippen LogP contribution in [0.25, 0.3) is 0 Å². The van der Waals surface area contributed by atoms with E-state index in [1.807, 2.05) is 0 Å². The number of rotatable bonds is 4. The molecule has 1 aliphatic rings. The Morgan fingerprint density at radius 3 is 1.68 bits per heavy atom. The maximum Gasteiger partial charge on any atom is 0.387 e. The third kappa shape index (κ3) is 11.2. The van der Waals surface area contributed by atoms with Crippen molar-refractivity contribution in [1.82, 2.24) is 4.13 Å². The number of hydrogen-bond donors (Lipinski definition) is 1. The second kappa shape index (κ2) is 7.46. The van der Waals surface area contributed by atoms with Gasteiger partial charge in [-0.05, 0) is 25.7 Å². The second-order valence-electron chi connectivity index (χ2n) is 4.81. The maximum absolute atomic E-state index is 11.1. The van der Waals surface area contributed by atoms with E-state index in [1.165, 1.54) is 49.8 Å². The molecule has 1 fully saturated rings. The SMILES string of the molecule is CCC[N+]1(C)CCCCC1.O=S(=O)(F)NS(=O)(=O)F. The molecule has 0 saturated carbocycles. The van der Waals surface area contributed by atoms with Crippen LogP contribution < -0.4 is 4.13 Å². The van der Waals surface area contributed by atoms with E-state index in [0.717, 1.165) is 0 Å². The fourth-order valence-electron chi connectivity index (χ4n) is 2.16. The molecule has 0 aromatic heterocycles. The number of nitrogens with zero attached hydrogens (tertiary/aromatic N) is 1. The van der Waals surface area contributed by atoms with E-state index < -0.39 is 20.8 Å². The van der Waals surface area contributed by atoms with Crippen LogP contribution in [0.2, 0.25) is 0 Å².